The van der Waals surface area contributed by atoms with Crippen molar-refractivity contribution in [3.8, 4) is 0 Å². The smallest absolute Gasteiger partial charge is 0.249 e. The third kappa shape index (κ3) is 7.07. The van der Waals surface area contributed by atoms with Gasteiger partial charge in [-0.2, -0.15) is 0 Å². The normalized spacial score (nSPS) is 28.6. The number of carbonyl (C=O) groups excluding carboxylic acids is 2. The van der Waals surface area contributed by atoms with Gasteiger partial charge in [-0.1, -0.05) is 89.9 Å². The highest BCUT2D eigenvalue weighted by molar-refractivity contribution is 5.80. The first-order chi connectivity index (χ1) is 19.6. The predicted octanol–water partition coefficient (Wildman–Crippen LogP) is 8.29. The van der Waals surface area contributed by atoms with Gasteiger partial charge in [0, 0.05) is 11.8 Å². The van der Waals surface area contributed by atoms with Crippen molar-refractivity contribution in [3.05, 3.63) is 0 Å². The minimum atomic E-state index is -0.511. The molecule has 0 aromatic heterocycles. The second kappa shape index (κ2) is 14.8. The summed E-state index contributed by atoms with van der Waals surface area (Å²) in [6.45, 7) is 0. The second-order valence-electron chi connectivity index (χ2n) is 14.4. The van der Waals surface area contributed by atoms with Crippen LogP contribution in [0.5, 0.6) is 0 Å². The van der Waals surface area contributed by atoms with E-state index in [0.717, 1.165) is 74.3 Å². The highest BCUT2D eigenvalue weighted by Crippen LogP contribution is 2.44. The molecule has 0 radical (unpaired) electrons. The van der Waals surface area contributed by atoms with Crippen molar-refractivity contribution in [1.29, 1.82) is 0 Å². The lowest BCUT2D eigenvalue weighted by Gasteiger charge is -2.45. The summed E-state index contributed by atoms with van der Waals surface area (Å²) in [5.41, 5.74) is 0. The van der Waals surface area contributed by atoms with E-state index in [1.54, 1.807) is 0 Å². The number of hydrogen-bond acceptors (Lipinski definition) is 4. The topological polar surface area (TPSA) is 81.1 Å². The number of hydroxylamine groups is 4. The van der Waals surface area contributed by atoms with Gasteiger partial charge < -0.3 is 0 Å². The van der Waals surface area contributed by atoms with Crippen LogP contribution in [0.2, 0.25) is 0 Å². The van der Waals surface area contributed by atoms with Gasteiger partial charge in [0.15, 0.2) is 0 Å². The maximum atomic E-state index is 14.2. The third-order valence-electron chi connectivity index (χ3n) is 12.0. The lowest BCUT2D eigenvalue weighted by molar-refractivity contribution is -0.221. The Balaban J connectivity index is 1.33. The first kappa shape index (κ1) is 30.3. The molecule has 0 aromatic carbocycles. The van der Waals surface area contributed by atoms with Gasteiger partial charge in [0.1, 0.15) is 0 Å². The molecule has 6 nitrogen and oxygen atoms in total. The molecule has 40 heavy (non-hydrogen) atoms. The molecule has 5 saturated carbocycles. The van der Waals surface area contributed by atoms with Crippen molar-refractivity contribution in [3.63, 3.8) is 0 Å². The summed E-state index contributed by atoms with van der Waals surface area (Å²) in [4.78, 5) is 28.4. The minimum Gasteiger partial charge on any atom is -0.286 e. The Morgan fingerprint density at radius 3 is 0.875 bits per heavy atom. The van der Waals surface area contributed by atoms with Crippen LogP contribution in [0.3, 0.4) is 0 Å². The highest BCUT2D eigenvalue weighted by atomic mass is 16.5. The first-order valence-corrected chi connectivity index (χ1v) is 17.6. The summed E-state index contributed by atoms with van der Waals surface area (Å²) >= 11 is 0. The zero-order chi connectivity index (χ0) is 27.9. The first-order valence-electron chi connectivity index (χ1n) is 17.6. The van der Waals surface area contributed by atoms with Crippen LogP contribution in [-0.4, -0.2) is 44.4 Å². The van der Waals surface area contributed by atoms with Crippen LogP contribution < -0.4 is 0 Å². The van der Waals surface area contributed by atoms with Crippen LogP contribution >= 0.6 is 0 Å². The molecule has 0 spiro atoms. The van der Waals surface area contributed by atoms with Crippen LogP contribution in [0.1, 0.15) is 154 Å². The van der Waals surface area contributed by atoms with Crippen LogP contribution in [-0.2, 0) is 9.59 Å². The Labute approximate surface area is 243 Å². The lowest BCUT2D eigenvalue weighted by atomic mass is 9.68. The van der Waals surface area contributed by atoms with Crippen molar-refractivity contribution >= 4 is 11.8 Å². The summed E-state index contributed by atoms with van der Waals surface area (Å²) in [6.07, 6.45) is 26.3. The van der Waals surface area contributed by atoms with Crippen molar-refractivity contribution in [2.24, 2.45) is 35.5 Å². The molecule has 228 valence electrons. The van der Waals surface area contributed by atoms with Crippen molar-refractivity contribution in [2.75, 3.05) is 0 Å². The Bertz CT molecular complexity index is 694. The maximum Gasteiger partial charge on any atom is 0.249 e. The van der Waals surface area contributed by atoms with Gasteiger partial charge in [0.2, 0.25) is 11.8 Å². The van der Waals surface area contributed by atoms with Gasteiger partial charge >= 0.3 is 0 Å². The summed E-state index contributed by atoms with van der Waals surface area (Å²) in [7, 11) is 0. The van der Waals surface area contributed by atoms with E-state index >= 15 is 0 Å². The number of hydrogen-bond donors (Lipinski definition) is 2. The molecular weight excluding hydrogens is 500 g/mol. The Morgan fingerprint density at radius 1 is 0.400 bits per heavy atom. The molecule has 5 aliphatic carbocycles. The zero-order valence-electron chi connectivity index (χ0n) is 25.2. The summed E-state index contributed by atoms with van der Waals surface area (Å²) in [6, 6.07) is -1.02. The quantitative estimate of drug-likeness (QED) is 0.232. The number of nitrogens with zero attached hydrogens (tertiary/aromatic N) is 2. The van der Waals surface area contributed by atoms with E-state index in [9.17, 15) is 20.0 Å². The fraction of sp³-hybridized carbons (Fsp3) is 0.941. The summed E-state index contributed by atoms with van der Waals surface area (Å²) in [5.74, 6) is 0.955. The van der Waals surface area contributed by atoms with Gasteiger partial charge in [0.25, 0.3) is 0 Å². The van der Waals surface area contributed by atoms with Gasteiger partial charge in [-0.15, -0.1) is 0 Å². The Hall–Kier alpha value is -1.14. The number of rotatable bonds is 8. The van der Waals surface area contributed by atoms with Gasteiger partial charge in [0.05, 0.1) is 12.1 Å². The highest BCUT2D eigenvalue weighted by Gasteiger charge is 2.46. The minimum absolute atomic E-state index is 0.117. The molecule has 0 bridgehead atoms. The summed E-state index contributed by atoms with van der Waals surface area (Å²) < 4.78 is 0. The van der Waals surface area contributed by atoms with E-state index < -0.39 is 12.1 Å². The van der Waals surface area contributed by atoms with Gasteiger partial charge in [-0.25, -0.2) is 10.1 Å². The Kier molecular flexibility index (Phi) is 11.3. The van der Waals surface area contributed by atoms with Crippen LogP contribution in [0, 0.1) is 35.5 Å². The van der Waals surface area contributed by atoms with Crippen LogP contribution in [0.25, 0.3) is 0 Å². The molecular formula is C34H58N2O4. The van der Waals surface area contributed by atoms with E-state index in [-0.39, 0.29) is 23.7 Å². The Morgan fingerprint density at radius 2 is 0.625 bits per heavy atom. The largest absolute Gasteiger partial charge is 0.286 e. The molecule has 5 aliphatic rings. The van der Waals surface area contributed by atoms with E-state index in [1.165, 1.54) is 77.0 Å². The predicted molar refractivity (Wildman–Crippen MR) is 157 cm³/mol. The molecule has 2 N–H and O–H groups in total. The second-order valence-corrected chi connectivity index (χ2v) is 14.4. The maximum absolute atomic E-state index is 14.2. The van der Waals surface area contributed by atoms with E-state index in [4.69, 9.17) is 0 Å². The van der Waals surface area contributed by atoms with Crippen LogP contribution in [0.4, 0.5) is 0 Å². The molecule has 2 atom stereocenters. The third-order valence-corrected chi connectivity index (χ3v) is 12.0. The molecule has 5 fully saturated rings. The molecule has 0 unspecified atom stereocenters. The monoisotopic (exact) mass is 558 g/mol. The van der Waals surface area contributed by atoms with Gasteiger partial charge in [-0.3, -0.25) is 20.0 Å². The molecule has 0 saturated heterocycles. The number of carbonyl (C=O) groups is 2. The average Bonchev–Trinajstić information content (AvgIpc) is 3.02. The zero-order valence-corrected chi connectivity index (χ0v) is 25.2. The standard InChI is InChI=1S/C34H58N2O4/c37-33(31(25-15-5-1-6-16-25)26-17-7-2-8-18-26)35(39)29-23-13-14-24-30(29)36(40)34(38)32(27-19-9-3-10-20-27)28-21-11-4-12-22-28/h25-32,39-40H,1-24H2/t29-,30-/m1/s1. The molecule has 6 heteroatoms. The van der Waals surface area contributed by atoms with Crippen molar-refractivity contribution in [1.82, 2.24) is 10.1 Å². The fourth-order valence-corrected chi connectivity index (χ4v) is 9.84. The molecule has 2 amide bonds. The molecule has 0 aliphatic heterocycles. The van der Waals surface area contributed by atoms with Gasteiger partial charge in [-0.05, 0) is 87.9 Å². The lowest BCUT2D eigenvalue weighted by Crippen LogP contribution is -2.58. The SMILES string of the molecule is O=C(C(C1CCCCC1)C1CCCCC1)N(O)[C@@H]1CCCC[C@H]1N(O)C(=O)C(C1CCCCC1)C1CCCCC1. The summed E-state index contributed by atoms with van der Waals surface area (Å²) in [5, 5.41) is 25.4. The van der Waals surface area contributed by atoms with Crippen molar-refractivity contribution in [2.45, 2.75) is 166 Å². The molecule has 5 rings (SSSR count). The number of amides is 2. The van der Waals surface area contributed by atoms with Crippen LogP contribution in [0.15, 0.2) is 0 Å². The van der Waals surface area contributed by atoms with Crippen molar-refractivity contribution < 1.29 is 20.0 Å². The molecule has 0 heterocycles. The fourth-order valence-electron chi connectivity index (χ4n) is 9.84. The van der Waals surface area contributed by atoms with E-state index in [2.05, 4.69) is 0 Å². The average molecular weight is 559 g/mol. The van der Waals surface area contributed by atoms with E-state index in [1.807, 2.05) is 0 Å². The van der Waals surface area contributed by atoms with E-state index in [0.29, 0.717) is 36.5 Å². The molecule has 0 aromatic rings.